The van der Waals surface area contributed by atoms with Gasteiger partial charge in [0, 0.05) is 5.56 Å². The zero-order valence-electron chi connectivity index (χ0n) is 14.3. The maximum atomic E-state index is 10.8. The first-order valence-electron chi connectivity index (χ1n) is 8.77. The van der Waals surface area contributed by atoms with Crippen molar-refractivity contribution < 1.29 is 14.6 Å². The molecular formula is C21H26O3. The number of ether oxygens (including phenoxy) is 1. The Kier molecular flexibility index (Phi) is 7.34. The van der Waals surface area contributed by atoms with Gasteiger partial charge in [-0.05, 0) is 42.2 Å². The quantitative estimate of drug-likeness (QED) is 0.463. The Labute approximate surface area is 144 Å². The molecule has 0 unspecified atom stereocenters. The van der Waals surface area contributed by atoms with Crippen molar-refractivity contribution in [1.82, 2.24) is 0 Å². The lowest BCUT2D eigenvalue weighted by Gasteiger charge is -2.10. The molecule has 2 aromatic carbocycles. The zero-order chi connectivity index (χ0) is 17.2. The third-order valence-corrected chi connectivity index (χ3v) is 4.22. The topological polar surface area (TPSA) is 46.5 Å². The van der Waals surface area contributed by atoms with Gasteiger partial charge in [0.05, 0.1) is 0 Å². The van der Waals surface area contributed by atoms with Crippen molar-refractivity contribution in [1.29, 1.82) is 0 Å². The third-order valence-electron chi connectivity index (χ3n) is 4.22. The first-order valence-corrected chi connectivity index (χ1v) is 8.77. The molecule has 0 saturated carbocycles. The molecule has 0 amide bonds. The molecule has 1 N–H and O–H groups in total. The molecule has 0 spiro atoms. The van der Waals surface area contributed by atoms with Crippen LogP contribution >= 0.6 is 0 Å². The number of phenols is 1. The van der Waals surface area contributed by atoms with Crippen LogP contribution < -0.4 is 4.74 Å². The van der Waals surface area contributed by atoms with Crippen molar-refractivity contribution in [2.75, 3.05) is 0 Å². The Morgan fingerprint density at radius 2 is 1.67 bits per heavy atom. The fraction of sp³-hybridized carbons (Fsp3) is 0.381. The van der Waals surface area contributed by atoms with E-state index in [1.165, 1.54) is 37.7 Å². The molecule has 0 aromatic heterocycles. The van der Waals surface area contributed by atoms with E-state index in [0.29, 0.717) is 12.2 Å². The van der Waals surface area contributed by atoms with E-state index in [9.17, 15) is 9.90 Å². The van der Waals surface area contributed by atoms with Crippen molar-refractivity contribution in [2.45, 2.75) is 51.9 Å². The fourth-order valence-corrected chi connectivity index (χ4v) is 2.86. The summed E-state index contributed by atoms with van der Waals surface area (Å²) in [7, 11) is 0. The van der Waals surface area contributed by atoms with Crippen molar-refractivity contribution in [3.8, 4) is 22.6 Å². The molecule has 0 aliphatic carbocycles. The number of rotatable bonds is 10. The van der Waals surface area contributed by atoms with Gasteiger partial charge >= 0.3 is 0 Å². The zero-order valence-corrected chi connectivity index (χ0v) is 14.3. The molecule has 2 aromatic rings. The van der Waals surface area contributed by atoms with E-state index in [0.717, 1.165) is 24.0 Å². The lowest BCUT2D eigenvalue weighted by molar-refractivity contribution is -0.120. The molecule has 0 bridgehead atoms. The molecule has 24 heavy (non-hydrogen) atoms. The first-order chi connectivity index (χ1) is 11.7. The van der Waals surface area contributed by atoms with Gasteiger partial charge in [-0.1, -0.05) is 63.3 Å². The summed E-state index contributed by atoms with van der Waals surface area (Å²) in [5, 5.41) is 9.41. The number of carbonyl (C=O) groups excluding carboxylic acids is 1. The van der Waals surface area contributed by atoms with Crippen molar-refractivity contribution >= 4 is 6.47 Å². The number of carbonyl (C=O) groups is 1. The first kappa shape index (κ1) is 18.1. The average Bonchev–Trinajstić information content (AvgIpc) is 2.59. The van der Waals surface area contributed by atoms with Crippen LogP contribution in [0.5, 0.6) is 11.5 Å². The molecule has 3 heteroatoms. The molecule has 0 radical (unpaired) electrons. The normalized spacial score (nSPS) is 10.5. The minimum Gasteiger partial charge on any atom is -0.508 e. The number of hydrogen-bond acceptors (Lipinski definition) is 3. The number of phenolic OH excluding ortho intramolecular Hbond substituents is 1. The SMILES string of the molecule is CCCCCCCCc1ccc(-c2ccc(O)cc2)c(OC=O)c1. The molecule has 3 nitrogen and oxygen atoms in total. The van der Waals surface area contributed by atoms with Crippen LogP contribution in [0.3, 0.4) is 0 Å². The Hall–Kier alpha value is -2.29. The monoisotopic (exact) mass is 326 g/mol. The second kappa shape index (κ2) is 9.76. The van der Waals surface area contributed by atoms with Crippen molar-refractivity contribution in [3.63, 3.8) is 0 Å². The number of hydrogen-bond donors (Lipinski definition) is 1. The van der Waals surface area contributed by atoms with E-state index in [1.54, 1.807) is 12.1 Å². The van der Waals surface area contributed by atoms with Gasteiger partial charge in [0.2, 0.25) is 0 Å². The standard InChI is InChI=1S/C21H26O3/c1-2-3-4-5-6-7-8-17-9-14-20(21(15-17)24-16-22)18-10-12-19(23)13-11-18/h9-16,23H,2-8H2,1H3. The Bertz CT molecular complexity index is 632. The Morgan fingerprint density at radius 1 is 0.958 bits per heavy atom. The van der Waals surface area contributed by atoms with Gasteiger partial charge in [-0.3, -0.25) is 4.79 Å². The van der Waals surface area contributed by atoms with Crippen LogP contribution in [0.1, 0.15) is 51.0 Å². The summed E-state index contributed by atoms with van der Waals surface area (Å²) >= 11 is 0. The van der Waals surface area contributed by atoms with E-state index in [4.69, 9.17) is 4.74 Å². The van der Waals surface area contributed by atoms with Crippen LogP contribution in [-0.4, -0.2) is 11.6 Å². The summed E-state index contributed by atoms with van der Waals surface area (Å²) in [6, 6.07) is 12.9. The Morgan fingerprint density at radius 3 is 2.38 bits per heavy atom. The van der Waals surface area contributed by atoms with Crippen LogP contribution in [0.4, 0.5) is 0 Å². The smallest absolute Gasteiger partial charge is 0.298 e. The van der Waals surface area contributed by atoms with Gasteiger partial charge in [-0.15, -0.1) is 0 Å². The second-order valence-electron chi connectivity index (χ2n) is 6.11. The van der Waals surface area contributed by atoms with E-state index in [2.05, 4.69) is 13.0 Å². The molecule has 0 saturated heterocycles. The summed E-state index contributed by atoms with van der Waals surface area (Å²) in [4.78, 5) is 10.8. The highest BCUT2D eigenvalue weighted by Gasteiger charge is 2.08. The molecule has 0 heterocycles. The molecule has 0 aliphatic rings. The number of aryl methyl sites for hydroxylation is 1. The summed E-state index contributed by atoms with van der Waals surface area (Å²) in [5.74, 6) is 0.787. The molecule has 2 rings (SSSR count). The van der Waals surface area contributed by atoms with Crippen LogP contribution in [0.15, 0.2) is 42.5 Å². The van der Waals surface area contributed by atoms with Crippen molar-refractivity contribution in [3.05, 3.63) is 48.0 Å². The summed E-state index contributed by atoms with van der Waals surface area (Å²) in [5.41, 5.74) is 2.95. The Balaban J connectivity index is 2.03. The number of aromatic hydroxyl groups is 1. The van der Waals surface area contributed by atoms with E-state index < -0.39 is 0 Å². The largest absolute Gasteiger partial charge is 0.508 e. The van der Waals surface area contributed by atoms with Crippen LogP contribution in [0, 0.1) is 0 Å². The minimum atomic E-state index is 0.219. The molecular weight excluding hydrogens is 300 g/mol. The van der Waals surface area contributed by atoms with Crippen LogP contribution in [0.25, 0.3) is 11.1 Å². The van der Waals surface area contributed by atoms with Gasteiger partial charge in [-0.2, -0.15) is 0 Å². The second-order valence-corrected chi connectivity index (χ2v) is 6.11. The summed E-state index contributed by atoms with van der Waals surface area (Å²) in [6.45, 7) is 2.69. The molecule has 128 valence electrons. The van der Waals surface area contributed by atoms with Gasteiger partial charge in [0.1, 0.15) is 11.5 Å². The van der Waals surface area contributed by atoms with Gasteiger partial charge in [-0.25, -0.2) is 0 Å². The highest BCUT2D eigenvalue weighted by Crippen LogP contribution is 2.32. The number of benzene rings is 2. The lowest BCUT2D eigenvalue weighted by Crippen LogP contribution is -1.95. The summed E-state index contributed by atoms with van der Waals surface area (Å²) in [6.07, 6.45) is 8.58. The average molecular weight is 326 g/mol. The van der Waals surface area contributed by atoms with Gasteiger partial charge in [0.25, 0.3) is 6.47 Å². The van der Waals surface area contributed by atoms with Crippen molar-refractivity contribution in [2.24, 2.45) is 0 Å². The summed E-state index contributed by atoms with van der Waals surface area (Å²) < 4.78 is 5.18. The lowest BCUT2D eigenvalue weighted by atomic mass is 9.99. The maximum absolute atomic E-state index is 10.8. The van der Waals surface area contributed by atoms with Gasteiger partial charge < -0.3 is 9.84 Å². The predicted octanol–water partition coefficient (Wildman–Crippen LogP) is 5.50. The molecule has 0 fully saturated rings. The minimum absolute atomic E-state index is 0.219. The number of unbranched alkanes of at least 4 members (excludes halogenated alkanes) is 5. The van der Waals surface area contributed by atoms with Gasteiger partial charge in [0.15, 0.2) is 0 Å². The predicted molar refractivity (Wildman–Crippen MR) is 97.3 cm³/mol. The van der Waals surface area contributed by atoms with Crippen LogP contribution in [-0.2, 0) is 11.2 Å². The maximum Gasteiger partial charge on any atom is 0.298 e. The fourth-order valence-electron chi connectivity index (χ4n) is 2.86. The van der Waals surface area contributed by atoms with E-state index in [-0.39, 0.29) is 5.75 Å². The third kappa shape index (κ3) is 5.41. The molecule has 0 atom stereocenters. The highest BCUT2D eigenvalue weighted by molar-refractivity contribution is 5.73. The molecule has 0 aliphatic heterocycles. The van der Waals surface area contributed by atoms with E-state index >= 15 is 0 Å². The highest BCUT2D eigenvalue weighted by atomic mass is 16.5. The van der Waals surface area contributed by atoms with E-state index in [1.807, 2.05) is 24.3 Å². The van der Waals surface area contributed by atoms with Crippen LogP contribution in [0.2, 0.25) is 0 Å².